The first kappa shape index (κ1) is 23.0. The van der Waals surface area contributed by atoms with Gasteiger partial charge in [0.15, 0.2) is 0 Å². The number of hydrazine groups is 1. The topological polar surface area (TPSA) is 113 Å². The molecule has 0 aromatic heterocycles. The molecule has 1 fully saturated rings. The molecular weight excluding hydrogens is 445 g/mol. The molecule has 0 aliphatic carbocycles. The summed E-state index contributed by atoms with van der Waals surface area (Å²) in [6.07, 6.45) is 2.36. The predicted molar refractivity (Wildman–Crippen MR) is 132 cm³/mol. The summed E-state index contributed by atoms with van der Waals surface area (Å²) in [5.41, 5.74) is 5.28. The first-order valence-electron chi connectivity index (χ1n) is 11.3. The van der Waals surface area contributed by atoms with Gasteiger partial charge in [0.1, 0.15) is 6.04 Å². The maximum absolute atomic E-state index is 13.6. The number of benzene rings is 3. The first-order chi connectivity index (χ1) is 17.0. The number of rotatable bonds is 6. The van der Waals surface area contributed by atoms with Crippen LogP contribution >= 0.6 is 0 Å². The van der Waals surface area contributed by atoms with Gasteiger partial charge in [0.2, 0.25) is 5.91 Å². The Kier molecular flexibility index (Phi) is 6.23. The smallest absolute Gasteiger partial charge is 0.423 e. The molecule has 4 N–H and O–H groups in total. The van der Waals surface area contributed by atoms with E-state index >= 15 is 0 Å². The molecule has 3 aromatic carbocycles. The van der Waals surface area contributed by atoms with Crippen LogP contribution in [0.3, 0.4) is 0 Å². The van der Waals surface area contributed by atoms with Crippen molar-refractivity contribution in [2.24, 2.45) is 5.92 Å². The van der Waals surface area contributed by atoms with E-state index in [9.17, 15) is 24.7 Å². The number of anilines is 2. The summed E-state index contributed by atoms with van der Waals surface area (Å²) in [4.78, 5) is 28.1. The average Bonchev–Trinajstić information content (AvgIpc) is 3.15. The predicted octanol–water partition coefficient (Wildman–Crippen LogP) is 1.23. The summed E-state index contributed by atoms with van der Waals surface area (Å²) in [6, 6.07) is 22.7. The lowest BCUT2D eigenvalue weighted by Crippen LogP contribution is -2.55. The number of nitrogens with one attached hydrogen (secondary N) is 1. The Hall–Kier alpha value is -3.76. The van der Waals surface area contributed by atoms with E-state index in [-0.39, 0.29) is 11.8 Å². The van der Waals surface area contributed by atoms with Gasteiger partial charge in [-0.05, 0) is 35.3 Å². The van der Waals surface area contributed by atoms with Crippen LogP contribution in [0.5, 0.6) is 0 Å². The monoisotopic (exact) mass is 469 g/mol. The second kappa shape index (κ2) is 9.48. The Labute approximate surface area is 202 Å². The lowest BCUT2D eigenvalue weighted by molar-refractivity contribution is -0.123. The van der Waals surface area contributed by atoms with Gasteiger partial charge in [0.05, 0.1) is 23.8 Å². The fourth-order valence-electron chi connectivity index (χ4n) is 4.63. The summed E-state index contributed by atoms with van der Waals surface area (Å²) in [7, 11) is -1.61. The number of aliphatic hydroxyl groups excluding tert-OH is 1. The van der Waals surface area contributed by atoms with E-state index in [0.717, 1.165) is 0 Å². The van der Waals surface area contributed by atoms with Gasteiger partial charge >= 0.3 is 7.12 Å². The Morgan fingerprint density at radius 1 is 0.800 bits per heavy atom. The number of carbonyl (C=O) groups excluding carboxylic acids is 2. The Bertz CT molecular complexity index is 1240. The molecule has 2 amide bonds. The average molecular weight is 469 g/mol. The van der Waals surface area contributed by atoms with Crippen LogP contribution in [0.2, 0.25) is 0 Å². The molecule has 0 spiro atoms. The molecule has 4 atom stereocenters. The second-order valence-electron chi connectivity index (χ2n) is 8.56. The molecule has 176 valence electrons. The highest BCUT2D eigenvalue weighted by Crippen LogP contribution is 2.37. The van der Waals surface area contributed by atoms with Crippen molar-refractivity contribution in [1.29, 1.82) is 0 Å². The third-order valence-corrected chi connectivity index (χ3v) is 6.40. The van der Waals surface area contributed by atoms with E-state index in [2.05, 4.69) is 5.43 Å². The van der Waals surface area contributed by atoms with Crippen LogP contribution in [0, 0.1) is 5.92 Å². The fourth-order valence-corrected chi connectivity index (χ4v) is 4.63. The number of carbonyl (C=O) groups is 2. The Balaban J connectivity index is 1.52. The van der Waals surface area contributed by atoms with Crippen molar-refractivity contribution < 1.29 is 24.7 Å². The van der Waals surface area contributed by atoms with Crippen LogP contribution in [-0.2, 0) is 9.59 Å². The summed E-state index contributed by atoms with van der Waals surface area (Å²) >= 11 is 0. The summed E-state index contributed by atoms with van der Waals surface area (Å²) in [6.45, 7) is 0. The highest BCUT2D eigenvalue weighted by Gasteiger charge is 2.54. The standard InChI is InChI=1S/C26H24BN3O5/c31-24(17-11-13-18(14-12-17)27(34)35)22-16-15-21-23(30(22)28-19-7-3-1-4-8-19)26(33)29(25(21)32)20-9-5-2-6-10-20/h1-16,21-24,28,31,34-35H. The highest BCUT2D eigenvalue weighted by atomic mass is 16.4. The lowest BCUT2D eigenvalue weighted by atomic mass is 9.79. The third-order valence-electron chi connectivity index (χ3n) is 6.40. The Morgan fingerprint density at radius 2 is 1.43 bits per heavy atom. The minimum absolute atomic E-state index is 0.300. The molecule has 2 aliphatic rings. The minimum Gasteiger partial charge on any atom is -0.423 e. The van der Waals surface area contributed by atoms with Crippen molar-refractivity contribution >= 4 is 35.8 Å². The van der Waals surface area contributed by atoms with Gasteiger partial charge in [0, 0.05) is 5.69 Å². The van der Waals surface area contributed by atoms with Crippen molar-refractivity contribution in [2.45, 2.75) is 18.2 Å². The first-order valence-corrected chi connectivity index (χ1v) is 11.3. The number of amides is 2. The molecule has 0 radical (unpaired) electrons. The van der Waals surface area contributed by atoms with Crippen LogP contribution in [0.15, 0.2) is 97.1 Å². The van der Waals surface area contributed by atoms with E-state index in [1.807, 2.05) is 36.4 Å². The number of hydrogen-bond acceptors (Lipinski definition) is 7. The number of para-hydroxylation sites is 2. The second-order valence-corrected chi connectivity index (χ2v) is 8.56. The van der Waals surface area contributed by atoms with E-state index in [0.29, 0.717) is 22.4 Å². The summed E-state index contributed by atoms with van der Waals surface area (Å²) < 4.78 is 0. The fraction of sp³-hybridized carbons (Fsp3) is 0.154. The van der Waals surface area contributed by atoms with Crippen LogP contribution < -0.4 is 15.8 Å². The maximum Gasteiger partial charge on any atom is 0.488 e. The number of fused-ring (bicyclic) bond motifs is 1. The quantitative estimate of drug-likeness (QED) is 0.244. The van der Waals surface area contributed by atoms with Crippen LogP contribution in [0.25, 0.3) is 0 Å². The molecule has 2 aliphatic heterocycles. The molecule has 4 unspecified atom stereocenters. The number of aliphatic hydroxyl groups is 1. The zero-order chi connectivity index (χ0) is 24.5. The molecule has 5 rings (SSSR count). The molecule has 3 aromatic rings. The molecule has 0 saturated carbocycles. The van der Waals surface area contributed by atoms with Crippen molar-refractivity contribution in [3.63, 3.8) is 0 Å². The van der Waals surface area contributed by atoms with E-state index in [1.54, 1.807) is 53.6 Å². The zero-order valence-corrected chi connectivity index (χ0v) is 18.7. The van der Waals surface area contributed by atoms with Gasteiger partial charge in [-0.1, -0.05) is 72.8 Å². The van der Waals surface area contributed by atoms with Crippen LogP contribution in [0.1, 0.15) is 11.7 Å². The highest BCUT2D eigenvalue weighted by molar-refractivity contribution is 6.58. The van der Waals surface area contributed by atoms with Crippen LogP contribution in [0.4, 0.5) is 11.4 Å². The van der Waals surface area contributed by atoms with Gasteiger partial charge in [-0.2, -0.15) is 0 Å². The van der Waals surface area contributed by atoms with Gasteiger partial charge < -0.3 is 20.6 Å². The minimum atomic E-state index is -1.61. The lowest BCUT2D eigenvalue weighted by Gasteiger charge is -2.40. The van der Waals surface area contributed by atoms with Crippen LogP contribution in [-0.4, -0.2) is 51.2 Å². The molecule has 1 saturated heterocycles. The molecule has 0 bridgehead atoms. The Morgan fingerprint density at radius 3 is 2.06 bits per heavy atom. The van der Waals surface area contributed by atoms with Gasteiger partial charge in [-0.25, -0.2) is 9.91 Å². The number of imide groups is 1. The molecule has 9 heteroatoms. The van der Waals surface area contributed by atoms with E-state index in [4.69, 9.17) is 0 Å². The van der Waals surface area contributed by atoms with Gasteiger partial charge in [-0.3, -0.25) is 9.59 Å². The summed E-state index contributed by atoms with van der Waals surface area (Å²) in [5.74, 6) is -1.42. The maximum atomic E-state index is 13.6. The largest absolute Gasteiger partial charge is 0.488 e. The summed E-state index contributed by atoms with van der Waals surface area (Å²) in [5, 5.41) is 31.7. The van der Waals surface area contributed by atoms with E-state index in [1.165, 1.54) is 17.0 Å². The molecule has 2 heterocycles. The number of nitrogens with zero attached hydrogens (tertiary/aromatic N) is 2. The van der Waals surface area contributed by atoms with Crippen molar-refractivity contribution in [2.75, 3.05) is 10.3 Å². The third kappa shape index (κ3) is 4.26. The van der Waals surface area contributed by atoms with E-state index < -0.39 is 31.2 Å². The SMILES string of the molecule is O=C1C2C=CC(C(O)c3ccc(B(O)O)cc3)N(Nc3ccccc3)C2C(=O)N1c1ccccc1. The molecule has 8 nitrogen and oxygen atoms in total. The normalized spacial score (nSPS) is 22.7. The zero-order valence-electron chi connectivity index (χ0n) is 18.7. The molecular formula is C26H24BN3O5. The molecule has 35 heavy (non-hydrogen) atoms. The number of hydrogen-bond donors (Lipinski definition) is 4. The van der Waals surface area contributed by atoms with Crippen molar-refractivity contribution in [3.8, 4) is 0 Å². The van der Waals surface area contributed by atoms with Gasteiger partial charge in [-0.15, -0.1) is 0 Å². The van der Waals surface area contributed by atoms with Crippen molar-refractivity contribution in [3.05, 3.63) is 103 Å². The van der Waals surface area contributed by atoms with Gasteiger partial charge in [0.25, 0.3) is 5.91 Å². The van der Waals surface area contributed by atoms with Crippen molar-refractivity contribution in [1.82, 2.24) is 5.01 Å².